The number of benzene rings is 1. The second-order valence-electron chi connectivity index (χ2n) is 4.77. The summed E-state index contributed by atoms with van der Waals surface area (Å²) in [6, 6.07) is 6.96. The lowest BCUT2D eigenvalue weighted by Crippen LogP contribution is -2.15. The van der Waals surface area contributed by atoms with E-state index in [2.05, 4.69) is 16.1 Å². The van der Waals surface area contributed by atoms with E-state index >= 15 is 0 Å². The van der Waals surface area contributed by atoms with Gasteiger partial charge in [0.2, 0.25) is 0 Å². The minimum Gasteiger partial charge on any atom is -0.490 e. The number of carbonyl (C=O) groups is 3. The molecule has 0 aliphatic rings. The molecule has 25 heavy (non-hydrogen) atoms. The average Bonchev–Trinajstić information content (AvgIpc) is 2.63. The SMILES string of the molecule is C=C(CC(=O)OC)C(=O)OCCOc1ccc(C=CC(=O)OC)cc1. The molecule has 0 aliphatic heterocycles. The number of hydrogen-bond acceptors (Lipinski definition) is 7. The zero-order chi connectivity index (χ0) is 18.7. The van der Waals surface area contributed by atoms with Gasteiger partial charge in [-0.15, -0.1) is 0 Å². The summed E-state index contributed by atoms with van der Waals surface area (Å²) in [5, 5.41) is 0. The van der Waals surface area contributed by atoms with Crippen molar-refractivity contribution >= 4 is 24.0 Å². The topological polar surface area (TPSA) is 88.1 Å². The molecule has 0 saturated heterocycles. The molecule has 0 N–H and O–H groups in total. The molecular weight excluding hydrogens is 328 g/mol. The zero-order valence-corrected chi connectivity index (χ0v) is 14.2. The summed E-state index contributed by atoms with van der Waals surface area (Å²) in [6.45, 7) is 3.63. The second-order valence-corrected chi connectivity index (χ2v) is 4.77. The molecule has 1 aromatic rings. The van der Waals surface area contributed by atoms with Crippen LogP contribution in [0.25, 0.3) is 6.08 Å². The number of ether oxygens (including phenoxy) is 4. The maximum Gasteiger partial charge on any atom is 0.334 e. The van der Waals surface area contributed by atoms with Crippen molar-refractivity contribution in [3.8, 4) is 5.75 Å². The Morgan fingerprint density at radius 3 is 2.32 bits per heavy atom. The van der Waals surface area contributed by atoms with E-state index < -0.39 is 17.9 Å². The highest BCUT2D eigenvalue weighted by Crippen LogP contribution is 2.13. The first-order valence-corrected chi connectivity index (χ1v) is 7.37. The predicted molar refractivity (Wildman–Crippen MR) is 89.7 cm³/mol. The van der Waals surface area contributed by atoms with Crippen molar-refractivity contribution in [2.24, 2.45) is 0 Å². The van der Waals surface area contributed by atoms with Crippen molar-refractivity contribution in [3.05, 3.63) is 48.1 Å². The van der Waals surface area contributed by atoms with Gasteiger partial charge >= 0.3 is 17.9 Å². The molecule has 0 spiro atoms. The molecule has 1 aromatic carbocycles. The summed E-state index contributed by atoms with van der Waals surface area (Å²) in [7, 11) is 2.53. The quantitative estimate of drug-likeness (QED) is 0.291. The van der Waals surface area contributed by atoms with E-state index in [-0.39, 0.29) is 25.2 Å². The fraction of sp³-hybridized carbons (Fsp3) is 0.278. The molecule has 7 heteroatoms. The number of esters is 3. The highest BCUT2D eigenvalue weighted by atomic mass is 16.6. The average molecular weight is 348 g/mol. The monoisotopic (exact) mass is 348 g/mol. The molecule has 134 valence electrons. The lowest BCUT2D eigenvalue weighted by Gasteiger charge is -2.08. The highest BCUT2D eigenvalue weighted by Gasteiger charge is 2.13. The molecule has 0 amide bonds. The van der Waals surface area contributed by atoms with Crippen LogP contribution in [0.3, 0.4) is 0 Å². The summed E-state index contributed by atoms with van der Waals surface area (Å²) < 4.78 is 19.3. The van der Waals surface area contributed by atoms with Crippen molar-refractivity contribution in [1.29, 1.82) is 0 Å². The van der Waals surface area contributed by atoms with Crippen molar-refractivity contribution in [2.45, 2.75) is 6.42 Å². The predicted octanol–water partition coefficient (Wildman–Crippen LogP) is 1.91. The molecule has 0 unspecified atom stereocenters. The maximum atomic E-state index is 11.6. The first-order chi connectivity index (χ1) is 12.0. The number of rotatable bonds is 9. The van der Waals surface area contributed by atoms with E-state index in [1.165, 1.54) is 20.3 Å². The van der Waals surface area contributed by atoms with Crippen LogP contribution in [0.15, 0.2) is 42.5 Å². The molecule has 0 radical (unpaired) electrons. The van der Waals surface area contributed by atoms with Crippen LogP contribution in [-0.4, -0.2) is 45.3 Å². The largest absolute Gasteiger partial charge is 0.490 e. The Bertz CT molecular complexity index is 644. The summed E-state index contributed by atoms with van der Waals surface area (Å²) in [5.41, 5.74) is 0.830. The van der Waals surface area contributed by atoms with Gasteiger partial charge in [-0.05, 0) is 23.8 Å². The first kappa shape index (κ1) is 20.0. The van der Waals surface area contributed by atoms with Gasteiger partial charge in [-0.3, -0.25) is 4.79 Å². The standard InChI is InChI=1S/C18H20O7/c1-13(12-17(20)23-3)18(21)25-11-10-24-15-7-4-14(5-8-15)6-9-16(19)22-2/h4-9H,1,10-12H2,2-3H3. The van der Waals surface area contributed by atoms with Gasteiger partial charge in [0.05, 0.1) is 20.6 Å². The van der Waals surface area contributed by atoms with Crippen LogP contribution in [0.5, 0.6) is 5.75 Å². The molecular formula is C18H20O7. The summed E-state index contributed by atoms with van der Waals surface area (Å²) in [4.78, 5) is 33.6. The van der Waals surface area contributed by atoms with Crippen LogP contribution in [0, 0.1) is 0 Å². The molecule has 0 atom stereocenters. The Kier molecular flexibility index (Phi) is 8.49. The maximum absolute atomic E-state index is 11.6. The zero-order valence-electron chi connectivity index (χ0n) is 14.2. The van der Waals surface area contributed by atoms with E-state index in [4.69, 9.17) is 9.47 Å². The van der Waals surface area contributed by atoms with Gasteiger partial charge < -0.3 is 18.9 Å². The normalized spacial score (nSPS) is 10.2. The van der Waals surface area contributed by atoms with Crippen LogP contribution in [0.1, 0.15) is 12.0 Å². The van der Waals surface area contributed by atoms with E-state index in [1.807, 2.05) is 0 Å². The van der Waals surface area contributed by atoms with E-state index in [0.29, 0.717) is 5.75 Å². The summed E-state index contributed by atoms with van der Waals surface area (Å²) in [5.74, 6) is -1.08. The molecule has 0 aliphatic carbocycles. The molecule has 0 fully saturated rings. The van der Waals surface area contributed by atoms with Gasteiger partial charge in [-0.2, -0.15) is 0 Å². The fourth-order valence-electron chi connectivity index (χ4n) is 1.62. The number of methoxy groups -OCH3 is 2. The van der Waals surface area contributed by atoms with Crippen LogP contribution >= 0.6 is 0 Å². The molecule has 0 bridgehead atoms. The molecule has 1 rings (SSSR count). The van der Waals surface area contributed by atoms with Crippen molar-refractivity contribution in [1.82, 2.24) is 0 Å². The van der Waals surface area contributed by atoms with Crippen LogP contribution in [0.4, 0.5) is 0 Å². The fourth-order valence-corrected chi connectivity index (χ4v) is 1.62. The lowest BCUT2D eigenvalue weighted by molar-refractivity contribution is -0.144. The van der Waals surface area contributed by atoms with Gasteiger partial charge in [-0.25, -0.2) is 9.59 Å². The molecule has 0 aromatic heterocycles. The van der Waals surface area contributed by atoms with E-state index in [9.17, 15) is 14.4 Å². The second kappa shape index (κ2) is 10.6. The Morgan fingerprint density at radius 2 is 1.72 bits per heavy atom. The van der Waals surface area contributed by atoms with Crippen molar-refractivity contribution < 1.29 is 33.3 Å². The van der Waals surface area contributed by atoms with Crippen LogP contribution < -0.4 is 4.74 Å². The Labute approximate surface area is 145 Å². The molecule has 7 nitrogen and oxygen atoms in total. The van der Waals surface area contributed by atoms with Gasteiger partial charge in [0.1, 0.15) is 19.0 Å². The first-order valence-electron chi connectivity index (χ1n) is 7.37. The highest BCUT2D eigenvalue weighted by molar-refractivity contribution is 5.93. The minimum atomic E-state index is -0.669. The van der Waals surface area contributed by atoms with Gasteiger partial charge in [-0.1, -0.05) is 18.7 Å². The van der Waals surface area contributed by atoms with E-state index in [1.54, 1.807) is 30.3 Å². The third-order valence-electron chi connectivity index (χ3n) is 2.95. The Hall–Kier alpha value is -3.09. The number of hydrogen-bond donors (Lipinski definition) is 0. The smallest absolute Gasteiger partial charge is 0.334 e. The number of carbonyl (C=O) groups excluding carboxylic acids is 3. The Morgan fingerprint density at radius 1 is 1.04 bits per heavy atom. The lowest BCUT2D eigenvalue weighted by atomic mass is 10.2. The third kappa shape index (κ3) is 7.83. The minimum absolute atomic E-state index is 0.0169. The van der Waals surface area contributed by atoms with Gasteiger partial charge in [0.15, 0.2) is 0 Å². The van der Waals surface area contributed by atoms with Crippen molar-refractivity contribution in [3.63, 3.8) is 0 Å². The van der Waals surface area contributed by atoms with Crippen LogP contribution in [-0.2, 0) is 28.6 Å². The summed E-state index contributed by atoms with van der Waals surface area (Å²) >= 11 is 0. The van der Waals surface area contributed by atoms with E-state index in [0.717, 1.165) is 5.56 Å². The Balaban J connectivity index is 2.33. The van der Waals surface area contributed by atoms with Crippen molar-refractivity contribution in [2.75, 3.05) is 27.4 Å². The molecule has 0 saturated carbocycles. The summed E-state index contributed by atoms with van der Waals surface area (Å²) in [6.07, 6.45) is 2.72. The van der Waals surface area contributed by atoms with Crippen LogP contribution in [0.2, 0.25) is 0 Å². The van der Waals surface area contributed by atoms with Gasteiger partial charge in [0.25, 0.3) is 0 Å². The molecule has 0 heterocycles. The van der Waals surface area contributed by atoms with Gasteiger partial charge in [0, 0.05) is 11.6 Å². The third-order valence-corrected chi connectivity index (χ3v) is 2.95.